The van der Waals surface area contributed by atoms with Crippen LogP contribution in [-0.2, 0) is 13.0 Å². The van der Waals surface area contributed by atoms with Gasteiger partial charge in [0.15, 0.2) is 0 Å². The molecule has 1 aliphatic heterocycles. The second-order valence-corrected chi connectivity index (χ2v) is 6.92. The number of fused-ring (bicyclic) bond motifs is 1. The minimum atomic E-state index is -0.312. The number of aliphatic hydroxyl groups is 1. The molecule has 4 nitrogen and oxygen atoms in total. The zero-order valence-electron chi connectivity index (χ0n) is 14.1. The molecule has 2 aromatic rings. The van der Waals surface area contributed by atoms with Gasteiger partial charge in [-0.15, -0.1) is 0 Å². The van der Waals surface area contributed by atoms with Gasteiger partial charge < -0.3 is 9.52 Å². The maximum Gasteiger partial charge on any atom is 0.336 e. The first-order chi connectivity index (χ1) is 11.6. The fourth-order valence-electron chi connectivity index (χ4n) is 3.67. The molecule has 0 saturated carbocycles. The molecule has 1 atom stereocenters. The molecular formula is C19H24ClNO3. The average Bonchev–Trinajstić information content (AvgIpc) is 3.00. The Kier molecular flexibility index (Phi) is 5.59. The van der Waals surface area contributed by atoms with Crippen LogP contribution in [0, 0.1) is 0 Å². The molecule has 1 aromatic heterocycles. The van der Waals surface area contributed by atoms with Crippen molar-refractivity contribution in [2.24, 2.45) is 0 Å². The van der Waals surface area contributed by atoms with Crippen LogP contribution >= 0.6 is 11.6 Å². The zero-order valence-corrected chi connectivity index (χ0v) is 14.8. The summed E-state index contributed by atoms with van der Waals surface area (Å²) in [6.45, 7) is 4.02. The highest BCUT2D eigenvalue weighted by Gasteiger charge is 2.25. The summed E-state index contributed by atoms with van der Waals surface area (Å²) >= 11 is 6.37. The first kappa shape index (κ1) is 17.5. The zero-order chi connectivity index (χ0) is 17.1. The van der Waals surface area contributed by atoms with E-state index in [9.17, 15) is 4.79 Å². The predicted molar refractivity (Wildman–Crippen MR) is 96.6 cm³/mol. The van der Waals surface area contributed by atoms with Crippen molar-refractivity contribution in [3.63, 3.8) is 0 Å². The lowest BCUT2D eigenvalue weighted by Crippen LogP contribution is -2.29. The number of benzene rings is 1. The number of nitrogens with zero attached hydrogens (tertiary/aromatic N) is 1. The van der Waals surface area contributed by atoms with Crippen molar-refractivity contribution in [2.45, 2.75) is 51.6 Å². The molecular weight excluding hydrogens is 326 g/mol. The summed E-state index contributed by atoms with van der Waals surface area (Å²) in [6.07, 6.45) is 4.94. The van der Waals surface area contributed by atoms with Gasteiger partial charge in [0.1, 0.15) is 5.58 Å². The SMILES string of the molecule is CCc1cc2oc(=O)cc(CN3CCCC3CCCO)c2cc1Cl. The van der Waals surface area contributed by atoms with Crippen molar-refractivity contribution in [1.29, 1.82) is 0 Å². The Balaban J connectivity index is 1.94. The molecule has 24 heavy (non-hydrogen) atoms. The van der Waals surface area contributed by atoms with E-state index in [2.05, 4.69) is 4.90 Å². The Morgan fingerprint density at radius 2 is 2.17 bits per heavy atom. The fraction of sp³-hybridized carbons (Fsp3) is 0.526. The summed E-state index contributed by atoms with van der Waals surface area (Å²) in [5, 5.41) is 10.7. The Hall–Kier alpha value is -1.36. The van der Waals surface area contributed by atoms with E-state index in [-0.39, 0.29) is 12.2 Å². The molecule has 0 spiro atoms. The second-order valence-electron chi connectivity index (χ2n) is 6.52. The van der Waals surface area contributed by atoms with E-state index >= 15 is 0 Å². The van der Waals surface area contributed by atoms with Crippen LogP contribution in [0.4, 0.5) is 0 Å². The minimum absolute atomic E-state index is 0.234. The maximum absolute atomic E-state index is 12.0. The summed E-state index contributed by atoms with van der Waals surface area (Å²) < 4.78 is 5.39. The largest absolute Gasteiger partial charge is 0.423 e. The number of rotatable bonds is 6. The van der Waals surface area contributed by atoms with Crippen molar-refractivity contribution in [3.05, 3.63) is 44.8 Å². The third-order valence-corrected chi connectivity index (χ3v) is 5.30. The van der Waals surface area contributed by atoms with Crippen molar-refractivity contribution in [2.75, 3.05) is 13.2 Å². The summed E-state index contributed by atoms with van der Waals surface area (Å²) in [5.74, 6) is 0. The predicted octanol–water partition coefficient (Wildman–Crippen LogP) is 3.75. The Labute approximate surface area is 147 Å². The molecule has 5 heteroatoms. The van der Waals surface area contributed by atoms with Gasteiger partial charge in [-0.25, -0.2) is 4.79 Å². The molecule has 1 aromatic carbocycles. The van der Waals surface area contributed by atoms with Gasteiger partial charge in [-0.05, 0) is 61.9 Å². The van der Waals surface area contributed by atoms with Gasteiger partial charge in [0.2, 0.25) is 0 Å². The molecule has 1 aliphatic rings. The Morgan fingerprint density at radius 1 is 1.33 bits per heavy atom. The van der Waals surface area contributed by atoms with Crippen LogP contribution in [0.5, 0.6) is 0 Å². The van der Waals surface area contributed by atoms with E-state index in [1.807, 2.05) is 19.1 Å². The Morgan fingerprint density at radius 3 is 2.92 bits per heavy atom. The van der Waals surface area contributed by atoms with Crippen LogP contribution in [0.15, 0.2) is 27.4 Å². The lowest BCUT2D eigenvalue weighted by atomic mass is 10.0. The van der Waals surface area contributed by atoms with Crippen molar-refractivity contribution in [3.8, 4) is 0 Å². The molecule has 0 radical (unpaired) electrons. The van der Waals surface area contributed by atoms with E-state index in [1.54, 1.807) is 6.07 Å². The van der Waals surface area contributed by atoms with E-state index in [0.29, 0.717) is 11.6 Å². The average molecular weight is 350 g/mol. The smallest absolute Gasteiger partial charge is 0.336 e. The number of likely N-dealkylation sites (tertiary alicyclic amines) is 1. The van der Waals surface area contributed by atoms with Gasteiger partial charge >= 0.3 is 5.63 Å². The van der Waals surface area contributed by atoms with E-state index in [1.165, 1.54) is 0 Å². The standard InChI is InChI=1S/C19H24ClNO3/c1-2-13-9-18-16(11-17(13)20)14(10-19(23)24-18)12-21-7-3-5-15(21)6-4-8-22/h9-11,15,22H,2-8,12H2,1H3. The molecule has 1 N–H and O–H groups in total. The van der Waals surface area contributed by atoms with Gasteiger partial charge in [-0.3, -0.25) is 4.90 Å². The second kappa shape index (κ2) is 7.68. The number of aliphatic hydroxyl groups excluding tert-OH is 1. The van der Waals surface area contributed by atoms with Crippen molar-refractivity contribution in [1.82, 2.24) is 4.90 Å². The van der Waals surface area contributed by atoms with Crippen LogP contribution in [0.3, 0.4) is 0 Å². The van der Waals surface area contributed by atoms with Crippen LogP contribution in [0.25, 0.3) is 11.0 Å². The molecule has 1 unspecified atom stereocenters. The van der Waals surface area contributed by atoms with Gasteiger partial charge in [-0.2, -0.15) is 0 Å². The van der Waals surface area contributed by atoms with Crippen molar-refractivity contribution < 1.29 is 9.52 Å². The molecule has 1 fully saturated rings. The first-order valence-electron chi connectivity index (χ1n) is 8.72. The number of halogens is 1. The quantitative estimate of drug-likeness (QED) is 0.807. The normalized spacial score (nSPS) is 18.5. The third kappa shape index (κ3) is 3.66. The minimum Gasteiger partial charge on any atom is -0.423 e. The van der Waals surface area contributed by atoms with Gasteiger partial charge in [-0.1, -0.05) is 18.5 Å². The van der Waals surface area contributed by atoms with Crippen LogP contribution in [-0.4, -0.2) is 29.2 Å². The third-order valence-electron chi connectivity index (χ3n) is 4.95. The van der Waals surface area contributed by atoms with E-state index in [4.69, 9.17) is 21.1 Å². The molecule has 0 aliphatic carbocycles. The number of hydrogen-bond donors (Lipinski definition) is 1. The van der Waals surface area contributed by atoms with Crippen LogP contribution in [0.2, 0.25) is 5.02 Å². The summed E-state index contributed by atoms with van der Waals surface area (Å²) in [7, 11) is 0. The monoisotopic (exact) mass is 349 g/mol. The van der Waals surface area contributed by atoms with Gasteiger partial charge in [0, 0.05) is 35.7 Å². The topological polar surface area (TPSA) is 53.7 Å². The molecule has 130 valence electrons. The molecule has 0 amide bonds. The highest BCUT2D eigenvalue weighted by Crippen LogP contribution is 2.29. The summed E-state index contributed by atoms with van der Waals surface area (Å²) in [5.41, 5.74) is 2.27. The van der Waals surface area contributed by atoms with E-state index in [0.717, 1.165) is 66.7 Å². The molecule has 0 bridgehead atoms. The highest BCUT2D eigenvalue weighted by molar-refractivity contribution is 6.32. The van der Waals surface area contributed by atoms with Crippen LogP contribution in [0.1, 0.15) is 43.7 Å². The molecule has 1 saturated heterocycles. The Bertz CT molecular complexity index is 771. The maximum atomic E-state index is 12.0. The summed E-state index contributed by atoms with van der Waals surface area (Å²) in [4.78, 5) is 14.4. The van der Waals surface area contributed by atoms with Crippen LogP contribution < -0.4 is 5.63 Å². The van der Waals surface area contributed by atoms with E-state index < -0.39 is 0 Å². The van der Waals surface area contributed by atoms with Gasteiger partial charge in [0.05, 0.1) is 0 Å². The molecule has 2 heterocycles. The first-order valence-corrected chi connectivity index (χ1v) is 9.10. The number of aryl methyl sites for hydroxylation is 1. The fourth-order valence-corrected chi connectivity index (χ4v) is 3.96. The number of hydrogen-bond acceptors (Lipinski definition) is 4. The molecule has 3 rings (SSSR count). The van der Waals surface area contributed by atoms with Gasteiger partial charge in [0.25, 0.3) is 0 Å². The lowest BCUT2D eigenvalue weighted by Gasteiger charge is -2.24. The highest BCUT2D eigenvalue weighted by atomic mass is 35.5. The lowest BCUT2D eigenvalue weighted by molar-refractivity contribution is 0.210. The summed E-state index contributed by atoms with van der Waals surface area (Å²) in [6, 6.07) is 5.87. The van der Waals surface area contributed by atoms with Crippen molar-refractivity contribution >= 4 is 22.6 Å².